The standard InChI is InChI=1S/C26H32N8O5.C24H30N8O4.C22H28N8O2.C4H5ClO3/c1-17(35)39-16-22(36)32-9-7-20(8-10-32)34-24-21(15-28-34)23(30-25(31-24)33-11-13-38-14-12-33)18-3-5-19(6-4-18)29-26(37)27-2;1-25-24(35)27-17-4-2-16(3-5-17)21-19-14-26-32(18-6-8-30(9-7-18)20(34)15-33)22(19)29-23(28-21)31-10-12-36-13-11-31;1-23-22(31)26-16-4-2-15(3-5-16)19-18-14-25-30(17-6-8-24-9-7-17)20(18)28-21(27-19)29-10-12-32-13-11-29;1-3(6)8-2-4(5)7/h3-6,15,20H,7-14,16H2,1-2H3,(H2,27,29,37);2-5,14,18,33H,6-13,15H2,1H3,(H2,25,27,35);2-5,14,17,24H,6-13H2,1H3,(H2,23,26,31);2H2,1H3. The zero-order valence-electron chi connectivity index (χ0n) is 64.7. The summed E-state index contributed by atoms with van der Waals surface area (Å²) in [5.41, 5.74) is 9.53. The lowest BCUT2D eigenvalue weighted by Crippen LogP contribution is -2.41. The molecule has 0 saturated carbocycles. The SMILES string of the molecule is CC(=O)OCC(=O)Cl.CNC(=O)Nc1ccc(-c2nc(N3CCOCC3)nc3c2cnn3C2CCN(C(=O)CO)CC2)cc1.CNC(=O)Nc1ccc(-c2nc(N3CCOCC3)nc3c2cnn3C2CCN(C(=O)COC(C)=O)CC2)cc1.CNC(=O)Nc1ccc(-c2nc(N3CCOCC3)nc3c2cnn3C2CCNCC2)cc1. The van der Waals surface area contributed by atoms with Crippen LogP contribution in [0.3, 0.4) is 0 Å². The molecule has 8 N–H and O–H groups in total. The highest BCUT2D eigenvalue weighted by atomic mass is 35.5. The monoisotopic (exact) mass is 1600 g/mol. The molecular formula is C76H95ClN24O14. The number of aliphatic hydroxyl groups is 1. The number of fused-ring (bicyclic) bond motifs is 3. The summed E-state index contributed by atoms with van der Waals surface area (Å²) in [7, 11) is 4.73. The number of hydrogen-bond donors (Lipinski definition) is 8. The quantitative estimate of drug-likeness (QED) is 0.0420. The third kappa shape index (κ3) is 21.3. The highest BCUT2D eigenvalue weighted by Gasteiger charge is 2.32. The maximum Gasteiger partial charge on any atom is 0.318 e. The smallest absolute Gasteiger partial charge is 0.318 e. The van der Waals surface area contributed by atoms with Crippen molar-refractivity contribution in [2.75, 3.05) is 190 Å². The van der Waals surface area contributed by atoms with Gasteiger partial charge in [-0.3, -0.25) is 24.0 Å². The minimum atomic E-state index is -0.666. The Hall–Kier alpha value is -11.8. The first kappa shape index (κ1) is 82.6. The normalized spacial score (nSPS) is 16.2. The first-order chi connectivity index (χ1) is 55.8. The molecule has 6 fully saturated rings. The number of hydrogen-bond acceptors (Lipinski definition) is 27. The first-order valence-corrected chi connectivity index (χ1v) is 38.6. The Labute approximate surface area is 666 Å². The number of benzene rings is 3. The largest absolute Gasteiger partial charge is 0.456 e. The fraction of sp³-hybridized carbons (Fsp3) is 0.461. The van der Waals surface area contributed by atoms with Gasteiger partial charge in [-0.1, -0.05) is 36.4 Å². The van der Waals surface area contributed by atoms with Gasteiger partial charge in [0.1, 0.15) is 6.61 Å². The number of anilines is 6. The summed E-state index contributed by atoms with van der Waals surface area (Å²) in [4.78, 5) is 130. The van der Waals surface area contributed by atoms with Crippen LogP contribution in [0.15, 0.2) is 91.4 Å². The Morgan fingerprint density at radius 2 is 0.739 bits per heavy atom. The second-order valence-electron chi connectivity index (χ2n) is 27.5. The molecule has 0 radical (unpaired) electrons. The van der Waals surface area contributed by atoms with Gasteiger partial charge >= 0.3 is 30.0 Å². The number of nitrogens with one attached hydrogen (secondary N) is 7. The lowest BCUT2D eigenvalue weighted by atomic mass is 10.0. The molecule has 610 valence electrons. The van der Waals surface area contributed by atoms with Gasteiger partial charge < -0.3 is 90.5 Å². The summed E-state index contributed by atoms with van der Waals surface area (Å²) in [6.07, 6.45) is 10.4. The van der Waals surface area contributed by atoms with Crippen molar-refractivity contribution in [2.24, 2.45) is 0 Å². The van der Waals surface area contributed by atoms with Crippen LogP contribution in [0.2, 0.25) is 0 Å². The molecule has 0 spiro atoms. The molecule has 15 rings (SSSR count). The van der Waals surface area contributed by atoms with E-state index in [0.717, 1.165) is 124 Å². The molecule has 0 unspecified atom stereocenters. The van der Waals surface area contributed by atoms with E-state index >= 15 is 0 Å². The van der Waals surface area contributed by atoms with Crippen LogP contribution in [0.4, 0.5) is 49.3 Å². The first-order valence-electron chi connectivity index (χ1n) is 38.2. The average Bonchev–Trinajstić information content (AvgIpc) is 1.66. The summed E-state index contributed by atoms with van der Waals surface area (Å²) in [5.74, 6) is 0.546. The fourth-order valence-corrected chi connectivity index (χ4v) is 14.0. The van der Waals surface area contributed by atoms with Crippen molar-refractivity contribution in [3.8, 4) is 33.8 Å². The molecule has 0 bridgehead atoms. The molecule has 12 heterocycles. The highest BCUT2D eigenvalue weighted by molar-refractivity contribution is 6.64. The summed E-state index contributed by atoms with van der Waals surface area (Å²) >= 11 is 4.81. The molecule has 6 saturated heterocycles. The summed E-state index contributed by atoms with van der Waals surface area (Å²) in [6.45, 7) is 13.8. The zero-order valence-corrected chi connectivity index (χ0v) is 65.5. The lowest BCUT2D eigenvalue weighted by Gasteiger charge is -2.32. The van der Waals surface area contributed by atoms with Crippen LogP contribution < -0.4 is 51.9 Å². The van der Waals surface area contributed by atoms with Crippen molar-refractivity contribution in [3.05, 3.63) is 91.4 Å². The molecule has 9 aromatic rings. The van der Waals surface area contributed by atoms with Crippen molar-refractivity contribution in [1.29, 1.82) is 0 Å². The predicted octanol–water partition coefficient (Wildman–Crippen LogP) is 5.37. The van der Waals surface area contributed by atoms with Crippen molar-refractivity contribution in [2.45, 2.75) is 70.5 Å². The van der Waals surface area contributed by atoms with Gasteiger partial charge in [0.2, 0.25) is 23.8 Å². The molecule has 39 heteroatoms. The van der Waals surface area contributed by atoms with E-state index in [1.807, 2.05) is 88.4 Å². The summed E-state index contributed by atoms with van der Waals surface area (Å²) in [6, 6.07) is 22.4. The van der Waals surface area contributed by atoms with Gasteiger partial charge in [0, 0.05) is 134 Å². The molecular weight excluding hydrogens is 1510 g/mol. The van der Waals surface area contributed by atoms with Crippen LogP contribution in [0.1, 0.15) is 70.5 Å². The number of aliphatic hydroxyl groups excluding tert-OH is 1. The Morgan fingerprint density at radius 1 is 0.435 bits per heavy atom. The van der Waals surface area contributed by atoms with Gasteiger partial charge in [-0.15, -0.1) is 0 Å². The average molecular weight is 1600 g/mol. The van der Waals surface area contributed by atoms with E-state index in [2.05, 4.69) is 61.3 Å². The van der Waals surface area contributed by atoms with E-state index in [0.29, 0.717) is 140 Å². The third-order valence-corrected chi connectivity index (χ3v) is 20.2. The van der Waals surface area contributed by atoms with Crippen molar-refractivity contribution in [3.63, 3.8) is 0 Å². The van der Waals surface area contributed by atoms with Gasteiger partial charge in [0.05, 0.1) is 110 Å². The molecule has 6 aliphatic heterocycles. The second kappa shape index (κ2) is 39.8. The topological polar surface area (TPSA) is 434 Å². The van der Waals surface area contributed by atoms with E-state index < -0.39 is 23.8 Å². The second-order valence-corrected chi connectivity index (χ2v) is 27.9. The maximum absolute atomic E-state index is 12.4. The van der Waals surface area contributed by atoms with Crippen LogP contribution in [0.5, 0.6) is 0 Å². The van der Waals surface area contributed by atoms with E-state index in [9.17, 15) is 43.5 Å². The van der Waals surface area contributed by atoms with E-state index in [1.54, 1.807) is 43.3 Å². The van der Waals surface area contributed by atoms with Gasteiger partial charge in [-0.2, -0.15) is 30.2 Å². The van der Waals surface area contributed by atoms with Gasteiger partial charge in [-0.25, -0.2) is 43.4 Å². The van der Waals surface area contributed by atoms with Gasteiger partial charge in [-0.05, 0) is 99.6 Å². The molecule has 6 aliphatic rings. The number of rotatable bonds is 17. The number of amides is 8. The van der Waals surface area contributed by atoms with Gasteiger partial charge in [0.15, 0.2) is 30.2 Å². The lowest BCUT2D eigenvalue weighted by molar-refractivity contribution is -0.150. The Morgan fingerprint density at radius 3 is 1.03 bits per heavy atom. The number of halogens is 1. The molecule has 6 aromatic heterocycles. The van der Waals surface area contributed by atoms with E-state index in [1.165, 1.54) is 13.8 Å². The number of morpholine rings is 3. The predicted molar refractivity (Wildman–Crippen MR) is 428 cm³/mol. The molecule has 3 aromatic carbocycles. The molecule has 0 atom stereocenters. The van der Waals surface area contributed by atoms with Crippen molar-refractivity contribution < 1.29 is 67.1 Å². The number of piperidine rings is 3. The fourth-order valence-electron chi connectivity index (χ4n) is 13.9. The summed E-state index contributed by atoms with van der Waals surface area (Å²) in [5, 5.41) is 44.7. The number of ether oxygens (including phenoxy) is 5. The number of aromatic nitrogens is 12. The van der Waals surface area contributed by atoms with Crippen molar-refractivity contribution >= 4 is 127 Å². The zero-order chi connectivity index (χ0) is 80.9. The number of urea groups is 3. The Kier molecular flexibility index (Phi) is 28.6. The van der Waals surface area contributed by atoms with E-state index in [4.69, 9.17) is 75.7 Å². The van der Waals surface area contributed by atoms with Crippen LogP contribution in [0, 0.1) is 0 Å². The molecule has 115 heavy (non-hydrogen) atoms. The van der Waals surface area contributed by atoms with Gasteiger partial charge in [0.25, 0.3) is 11.1 Å². The van der Waals surface area contributed by atoms with Crippen LogP contribution in [0.25, 0.3) is 66.9 Å². The number of carbonyl (C=O) groups is 8. The van der Waals surface area contributed by atoms with E-state index in [-0.39, 0.29) is 55.2 Å². The molecule has 38 nitrogen and oxygen atoms in total. The van der Waals surface area contributed by atoms with Crippen LogP contribution in [-0.4, -0.2) is 280 Å². The Balaban J connectivity index is 0.000000152. The number of esters is 2. The molecule has 0 aliphatic carbocycles. The summed E-state index contributed by atoms with van der Waals surface area (Å²) < 4.78 is 31.6. The number of nitrogens with zero attached hydrogens (tertiary/aromatic N) is 17. The Bertz CT molecular complexity index is 4840. The number of likely N-dealkylation sites (tertiary alicyclic amines) is 2. The van der Waals surface area contributed by atoms with Crippen LogP contribution >= 0.6 is 11.6 Å². The third-order valence-electron chi connectivity index (χ3n) is 20.0. The highest BCUT2D eigenvalue weighted by Crippen LogP contribution is 2.37. The molecule has 8 amide bonds. The maximum atomic E-state index is 12.4. The minimum Gasteiger partial charge on any atom is -0.456 e. The van der Waals surface area contributed by atoms with Crippen LogP contribution in [-0.2, 0) is 47.7 Å². The minimum absolute atomic E-state index is 0.0553. The van der Waals surface area contributed by atoms with Crippen molar-refractivity contribution in [1.82, 2.24) is 90.3 Å². The number of carbonyl (C=O) groups excluding carboxylic acids is 8.